The zero-order chi connectivity index (χ0) is 25.0. The van der Waals surface area contributed by atoms with Crippen LogP contribution in [0.15, 0.2) is 52.9 Å². The largest absolute Gasteiger partial charge is 0.325 e. The summed E-state index contributed by atoms with van der Waals surface area (Å²) in [5.41, 5.74) is 4.62. The molecule has 8 heteroatoms. The Morgan fingerprint density at radius 2 is 1.72 bits per heavy atom. The predicted octanol–water partition coefficient (Wildman–Crippen LogP) is 5.46. The average molecular weight is 518 g/mol. The Bertz CT molecular complexity index is 1380. The second-order valence-electron chi connectivity index (χ2n) is 9.64. The normalized spacial score (nSPS) is 24.2. The van der Waals surface area contributed by atoms with Crippen LogP contribution in [0.25, 0.3) is 10.2 Å². The van der Waals surface area contributed by atoms with Crippen LogP contribution in [0.2, 0.25) is 0 Å². The fraction of sp³-hybridized carbons (Fsp3) is 0.357. The number of aromatic nitrogens is 1. The standard InChI is InChI=1S/C28H27N3O3S2/c1-3-15-6-5-7-16(4-2)25(15)30-22(32)14-35-28-29-20-11-10-19(13-21(20)36-28)31-26(33)23-17-8-9-18(12-17)24(23)27(31)34/h5-11,13,17-18,23-24H,3-4,12,14H2,1-2H3,(H,30,32)/t17-,18+,23-,24-/m1/s1. The Morgan fingerprint density at radius 1 is 1.06 bits per heavy atom. The highest BCUT2D eigenvalue weighted by molar-refractivity contribution is 8.01. The zero-order valence-electron chi connectivity index (χ0n) is 20.2. The van der Waals surface area contributed by atoms with E-state index in [1.54, 1.807) is 0 Å². The lowest BCUT2D eigenvalue weighted by Gasteiger charge is -2.17. The van der Waals surface area contributed by atoms with Crippen LogP contribution in [0, 0.1) is 23.7 Å². The van der Waals surface area contributed by atoms with Crippen molar-refractivity contribution in [1.82, 2.24) is 4.98 Å². The van der Waals surface area contributed by atoms with E-state index in [0.29, 0.717) is 5.69 Å². The molecule has 2 aromatic carbocycles. The van der Waals surface area contributed by atoms with Crippen LogP contribution in [-0.2, 0) is 27.2 Å². The molecule has 2 fully saturated rings. The van der Waals surface area contributed by atoms with Crippen molar-refractivity contribution in [3.05, 3.63) is 59.7 Å². The van der Waals surface area contributed by atoms with Gasteiger partial charge in [0.05, 0.1) is 33.5 Å². The fourth-order valence-corrected chi connectivity index (χ4v) is 7.86. The highest BCUT2D eigenvalue weighted by atomic mass is 32.2. The predicted molar refractivity (Wildman–Crippen MR) is 144 cm³/mol. The molecule has 184 valence electrons. The summed E-state index contributed by atoms with van der Waals surface area (Å²) in [5.74, 6) is 0.0302. The molecule has 2 bridgehead atoms. The molecule has 3 aliphatic rings. The number of anilines is 2. The molecule has 0 radical (unpaired) electrons. The van der Waals surface area contributed by atoms with Crippen LogP contribution in [0.5, 0.6) is 0 Å². The molecule has 1 saturated carbocycles. The monoisotopic (exact) mass is 517 g/mol. The Balaban J connectivity index is 1.16. The number of carbonyl (C=O) groups excluding carboxylic acids is 3. The van der Waals surface area contributed by atoms with Crippen LogP contribution in [0.4, 0.5) is 11.4 Å². The topological polar surface area (TPSA) is 79.4 Å². The van der Waals surface area contributed by atoms with Crippen molar-refractivity contribution in [3.63, 3.8) is 0 Å². The number of allylic oxidation sites excluding steroid dienone is 2. The summed E-state index contributed by atoms with van der Waals surface area (Å²) in [7, 11) is 0. The van der Waals surface area contributed by atoms with Gasteiger partial charge in [-0.3, -0.25) is 14.4 Å². The van der Waals surface area contributed by atoms with Crippen molar-refractivity contribution < 1.29 is 14.4 Å². The van der Waals surface area contributed by atoms with Crippen molar-refractivity contribution in [1.29, 1.82) is 0 Å². The van der Waals surface area contributed by atoms with E-state index < -0.39 is 0 Å². The van der Waals surface area contributed by atoms with Crippen molar-refractivity contribution in [2.45, 2.75) is 37.4 Å². The molecule has 3 amide bonds. The molecular formula is C28H27N3O3S2. The molecule has 0 unspecified atom stereocenters. The molecule has 2 aliphatic carbocycles. The molecule has 1 aliphatic heterocycles. The van der Waals surface area contributed by atoms with Gasteiger partial charge in [-0.1, -0.05) is 56.0 Å². The van der Waals surface area contributed by atoms with E-state index in [-0.39, 0.29) is 47.1 Å². The summed E-state index contributed by atoms with van der Waals surface area (Å²) in [6.07, 6.45) is 6.86. The third-order valence-electron chi connectivity index (χ3n) is 7.67. The number of aryl methyl sites for hydroxylation is 2. The van der Waals surface area contributed by atoms with Gasteiger partial charge in [0.1, 0.15) is 0 Å². The highest BCUT2D eigenvalue weighted by Crippen LogP contribution is 2.53. The van der Waals surface area contributed by atoms with E-state index in [1.165, 1.54) is 28.0 Å². The highest BCUT2D eigenvalue weighted by Gasteiger charge is 2.59. The number of hydrogen-bond donors (Lipinski definition) is 1. The van der Waals surface area contributed by atoms with Crippen LogP contribution in [-0.4, -0.2) is 28.5 Å². The van der Waals surface area contributed by atoms with Crippen LogP contribution in [0.1, 0.15) is 31.4 Å². The number of fused-ring (bicyclic) bond motifs is 6. The molecule has 3 aromatic rings. The number of rotatable bonds is 7. The van der Waals surface area contributed by atoms with Gasteiger partial charge in [0, 0.05) is 5.69 Å². The minimum Gasteiger partial charge on any atom is -0.325 e. The number of para-hydroxylation sites is 1. The quantitative estimate of drug-likeness (QED) is 0.256. The fourth-order valence-electron chi connectivity index (χ4n) is 5.96. The second kappa shape index (κ2) is 9.16. The Labute approximate surface area is 218 Å². The lowest BCUT2D eigenvalue weighted by atomic mass is 9.85. The first-order valence-corrected chi connectivity index (χ1v) is 14.3. The van der Waals surface area contributed by atoms with E-state index in [0.717, 1.165) is 50.6 Å². The van der Waals surface area contributed by atoms with Crippen molar-refractivity contribution in [2.75, 3.05) is 16.0 Å². The van der Waals surface area contributed by atoms with Crippen LogP contribution < -0.4 is 10.2 Å². The maximum atomic E-state index is 13.2. The third kappa shape index (κ3) is 3.78. The molecular weight excluding hydrogens is 490 g/mol. The maximum absolute atomic E-state index is 13.2. The number of thioether (sulfide) groups is 1. The van der Waals surface area contributed by atoms with Crippen molar-refractivity contribution in [2.24, 2.45) is 23.7 Å². The SMILES string of the molecule is CCc1cccc(CC)c1NC(=O)CSc1nc2ccc(N3C(=O)[C@H]4[C@H](C3=O)[C@H]3C=C[C@@H]4C3)cc2s1. The van der Waals surface area contributed by atoms with E-state index in [4.69, 9.17) is 0 Å². The van der Waals surface area contributed by atoms with Gasteiger partial charge in [0.25, 0.3) is 0 Å². The van der Waals surface area contributed by atoms with Crippen LogP contribution in [0.3, 0.4) is 0 Å². The first-order chi connectivity index (χ1) is 17.5. The summed E-state index contributed by atoms with van der Waals surface area (Å²) >= 11 is 2.88. The lowest BCUT2D eigenvalue weighted by Crippen LogP contribution is -2.32. The smallest absolute Gasteiger partial charge is 0.238 e. The third-order valence-corrected chi connectivity index (χ3v) is 9.83. The average Bonchev–Trinajstić information content (AvgIpc) is 3.65. The maximum Gasteiger partial charge on any atom is 0.238 e. The van der Waals surface area contributed by atoms with Gasteiger partial charge in [-0.2, -0.15) is 0 Å². The van der Waals surface area contributed by atoms with Gasteiger partial charge in [-0.25, -0.2) is 9.88 Å². The number of amides is 3. The molecule has 6 rings (SSSR count). The number of imide groups is 1. The minimum atomic E-state index is -0.208. The molecule has 2 heterocycles. The molecule has 36 heavy (non-hydrogen) atoms. The first-order valence-electron chi connectivity index (χ1n) is 12.5. The van der Waals surface area contributed by atoms with Gasteiger partial charge in [0.2, 0.25) is 17.7 Å². The molecule has 1 aromatic heterocycles. The summed E-state index contributed by atoms with van der Waals surface area (Å²) in [4.78, 5) is 45.1. The zero-order valence-corrected chi connectivity index (χ0v) is 21.8. The van der Waals surface area contributed by atoms with Gasteiger partial charge in [-0.05, 0) is 60.4 Å². The van der Waals surface area contributed by atoms with Gasteiger partial charge in [-0.15, -0.1) is 11.3 Å². The second-order valence-corrected chi connectivity index (χ2v) is 11.9. The number of hydrogen-bond acceptors (Lipinski definition) is 6. The number of nitrogens with one attached hydrogen (secondary N) is 1. The molecule has 1 saturated heterocycles. The first kappa shape index (κ1) is 23.4. The molecule has 4 atom stereocenters. The van der Waals surface area contributed by atoms with E-state index in [1.807, 2.05) is 24.3 Å². The number of nitrogens with zero attached hydrogens (tertiary/aromatic N) is 2. The van der Waals surface area contributed by atoms with Crippen molar-refractivity contribution in [3.8, 4) is 0 Å². The van der Waals surface area contributed by atoms with Gasteiger partial charge < -0.3 is 5.32 Å². The van der Waals surface area contributed by atoms with E-state index >= 15 is 0 Å². The van der Waals surface area contributed by atoms with Gasteiger partial charge >= 0.3 is 0 Å². The Hall–Kier alpha value is -2.97. The summed E-state index contributed by atoms with van der Waals surface area (Å²) in [6, 6.07) is 11.7. The molecule has 6 nitrogen and oxygen atoms in total. The summed E-state index contributed by atoms with van der Waals surface area (Å²) in [5, 5.41) is 3.10. The van der Waals surface area contributed by atoms with Gasteiger partial charge in [0.15, 0.2) is 4.34 Å². The number of carbonyl (C=O) groups is 3. The lowest BCUT2D eigenvalue weighted by molar-refractivity contribution is -0.123. The van der Waals surface area contributed by atoms with E-state index in [9.17, 15) is 14.4 Å². The van der Waals surface area contributed by atoms with Crippen molar-refractivity contribution >= 4 is 62.4 Å². The molecule has 1 N–H and O–H groups in total. The number of benzene rings is 2. The molecule has 0 spiro atoms. The van der Waals surface area contributed by atoms with Crippen LogP contribution >= 0.6 is 23.1 Å². The Kier molecular flexibility index (Phi) is 5.96. The summed E-state index contributed by atoms with van der Waals surface area (Å²) in [6.45, 7) is 4.18. The number of thiazole rings is 1. The van der Waals surface area contributed by atoms with E-state index in [2.05, 4.69) is 48.4 Å². The minimum absolute atomic E-state index is 0.0569. The summed E-state index contributed by atoms with van der Waals surface area (Å²) < 4.78 is 1.69. The Morgan fingerprint density at radius 3 is 2.36 bits per heavy atom.